The molecule has 3 rings (SSSR count). The molecule has 8 nitrogen and oxygen atoms in total. The maximum Gasteiger partial charge on any atom is 0.269 e. The Bertz CT molecular complexity index is 902. The molecule has 1 saturated heterocycles. The number of amides is 2. The van der Waals surface area contributed by atoms with Crippen molar-refractivity contribution in [2.24, 2.45) is 11.7 Å². The molecular formula is C21H24N4O4S. The van der Waals surface area contributed by atoms with E-state index < -0.39 is 4.92 Å². The Hall–Kier alpha value is -2.91. The van der Waals surface area contributed by atoms with Gasteiger partial charge in [-0.1, -0.05) is 12.1 Å². The normalized spacial score (nSPS) is 16.7. The highest BCUT2D eigenvalue weighted by Gasteiger charge is 2.23. The molecule has 0 radical (unpaired) electrons. The van der Waals surface area contributed by atoms with Crippen LogP contribution in [0.5, 0.6) is 0 Å². The number of carbonyl (C=O) groups excluding carboxylic acids is 2. The standard InChI is InChI=1S/C21H24N4O4S/c22-21(27)16-2-1-11-24(13-16)12-15-3-5-17(6-4-15)23-20(26)14-30-19-9-7-18(8-10-19)25(28)29/h3-10,16H,1-2,11-14H2,(H2,22,27)(H,23,26). The fourth-order valence-electron chi connectivity index (χ4n) is 3.39. The fourth-order valence-corrected chi connectivity index (χ4v) is 4.09. The zero-order valence-corrected chi connectivity index (χ0v) is 17.3. The number of nitrogens with one attached hydrogen (secondary N) is 1. The average molecular weight is 429 g/mol. The number of likely N-dealkylation sites (tertiary alicyclic amines) is 1. The summed E-state index contributed by atoms with van der Waals surface area (Å²) in [7, 11) is 0. The zero-order chi connectivity index (χ0) is 21.5. The van der Waals surface area contributed by atoms with Gasteiger partial charge in [-0.3, -0.25) is 24.6 Å². The number of piperidine rings is 1. The summed E-state index contributed by atoms with van der Waals surface area (Å²) in [4.78, 5) is 36.8. The summed E-state index contributed by atoms with van der Waals surface area (Å²) in [6.07, 6.45) is 1.82. The number of primary amides is 1. The van der Waals surface area contributed by atoms with Gasteiger partial charge >= 0.3 is 0 Å². The molecule has 1 atom stereocenters. The third-order valence-corrected chi connectivity index (χ3v) is 5.98. The molecule has 0 spiro atoms. The lowest BCUT2D eigenvalue weighted by atomic mass is 9.97. The van der Waals surface area contributed by atoms with E-state index >= 15 is 0 Å². The van der Waals surface area contributed by atoms with Crippen molar-refractivity contribution in [1.29, 1.82) is 0 Å². The topological polar surface area (TPSA) is 119 Å². The van der Waals surface area contributed by atoms with Crippen molar-refractivity contribution in [2.45, 2.75) is 24.3 Å². The van der Waals surface area contributed by atoms with Gasteiger partial charge in [-0.25, -0.2) is 0 Å². The van der Waals surface area contributed by atoms with Crippen LogP contribution in [-0.4, -0.2) is 40.5 Å². The van der Waals surface area contributed by atoms with Crippen LogP contribution in [0.4, 0.5) is 11.4 Å². The van der Waals surface area contributed by atoms with Gasteiger partial charge in [-0.15, -0.1) is 11.8 Å². The molecule has 2 aromatic rings. The molecule has 2 amide bonds. The van der Waals surface area contributed by atoms with Crippen LogP contribution in [-0.2, 0) is 16.1 Å². The molecule has 3 N–H and O–H groups in total. The van der Waals surface area contributed by atoms with Crippen LogP contribution in [0.25, 0.3) is 0 Å². The van der Waals surface area contributed by atoms with E-state index in [2.05, 4.69) is 10.2 Å². The molecule has 2 aromatic carbocycles. The summed E-state index contributed by atoms with van der Waals surface area (Å²) in [5.41, 5.74) is 7.28. The summed E-state index contributed by atoms with van der Waals surface area (Å²) in [5, 5.41) is 13.5. The number of nitrogens with two attached hydrogens (primary N) is 1. The molecule has 0 bridgehead atoms. The monoisotopic (exact) mass is 428 g/mol. The first-order valence-electron chi connectivity index (χ1n) is 9.68. The minimum Gasteiger partial charge on any atom is -0.369 e. The Morgan fingerprint density at radius 3 is 2.50 bits per heavy atom. The van der Waals surface area contributed by atoms with Crippen molar-refractivity contribution >= 4 is 35.0 Å². The van der Waals surface area contributed by atoms with Gasteiger partial charge in [0, 0.05) is 35.8 Å². The summed E-state index contributed by atoms with van der Waals surface area (Å²) < 4.78 is 0. The summed E-state index contributed by atoms with van der Waals surface area (Å²) in [6, 6.07) is 13.8. The smallest absolute Gasteiger partial charge is 0.269 e. The number of hydrogen-bond donors (Lipinski definition) is 2. The Balaban J connectivity index is 1.46. The second-order valence-corrected chi connectivity index (χ2v) is 8.31. The molecule has 0 aromatic heterocycles. The van der Waals surface area contributed by atoms with Crippen LogP contribution in [0.15, 0.2) is 53.4 Å². The summed E-state index contributed by atoms with van der Waals surface area (Å²) in [5.74, 6) is -0.247. The number of anilines is 1. The van der Waals surface area contributed by atoms with Crippen molar-refractivity contribution in [1.82, 2.24) is 4.90 Å². The van der Waals surface area contributed by atoms with E-state index in [9.17, 15) is 19.7 Å². The molecule has 158 valence electrons. The van der Waals surface area contributed by atoms with Gasteiger partial charge in [0.2, 0.25) is 11.8 Å². The number of benzene rings is 2. The van der Waals surface area contributed by atoms with Crippen LogP contribution in [0.1, 0.15) is 18.4 Å². The summed E-state index contributed by atoms with van der Waals surface area (Å²) >= 11 is 1.32. The predicted octanol–water partition coefficient (Wildman–Crippen LogP) is 3.02. The number of nitrogens with zero attached hydrogens (tertiary/aromatic N) is 2. The van der Waals surface area contributed by atoms with E-state index in [-0.39, 0.29) is 29.2 Å². The van der Waals surface area contributed by atoms with E-state index in [0.717, 1.165) is 36.4 Å². The van der Waals surface area contributed by atoms with Crippen molar-refractivity contribution in [3.63, 3.8) is 0 Å². The molecule has 9 heteroatoms. The Morgan fingerprint density at radius 1 is 1.17 bits per heavy atom. The fraction of sp³-hybridized carbons (Fsp3) is 0.333. The molecule has 30 heavy (non-hydrogen) atoms. The summed E-state index contributed by atoms with van der Waals surface area (Å²) in [6.45, 7) is 2.38. The lowest BCUT2D eigenvalue weighted by Crippen LogP contribution is -2.40. The number of nitro groups is 1. The third kappa shape index (κ3) is 6.30. The van der Waals surface area contributed by atoms with Crippen LogP contribution in [0.3, 0.4) is 0 Å². The highest BCUT2D eigenvalue weighted by atomic mass is 32.2. The van der Waals surface area contributed by atoms with E-state index in [1.165, 1.54) is 23.9 Å². The van der Waals surface area contributed by atoms with Gasteiger partial charge in [0.05, 0.1) is 16.6 Å². The number of thioether (sulfide) groups is 1. The number of hydrogen-bond acceptors (Lipinski definition) is 6. The van der Waals surface area contributed by atoms with Crippen molar-refractivity contribution in [3.05, 3.63) is 64.2 Å². The van der Waals surface area contributed by atoms with Crippen molar-refractivity contribution in [3.8, 4) is 0 Å². The Kier molecular flexibility index (Phi) is 7.42. The number of carbonyl (C=O) groups is 2. The Morgan fingerprint density at radius 2 is 1.87 bits per heavy atom. The van der Waals surface area contributed by atoms with Gasteiger partial charge < -0.3 is 11.1 Å². The maximum absolute atomic E-state index is 12.2. The molecule has 1 heterocycles. The number of nitro benzene ring substituents is 1. The predicted molar refractivity (Wildman–Crippen MR) is 116 cm³/mol. The largest absolute Gasteiger partial charge is 0.369 e. The van der Waals surface area contributed by atoms with E-state index in [1.54, 1.807) is 12.1 Å². The molecule has 1 fully saturated rings. The van der Waals surface area contributed by atoms with Crippen LogP contribution in [0.2, 0.25) is 0 Å². The molecule has 0 aliphatic carbocycles. The first-order chi connectivity index (χ1) is 14.4. The van der Waals surface area contributed by atoms with Gasteiger partial charge in [-0.2, -0.15) is 0 Å². The highest BCUT2D eigenvalue weighted by Crippen LogP contribution is 2.22. The molecule has 1 aliphatic heterocycles. The van der Waals surface area contributed by atoms with Gasteiger partial charge in [0.25, 0.3) is 5.69 Å². The molecule has 0 saturated carbocycles. The lowest BCUT2D eigenvalue weighted by molar-refractivity contribution is -0.384. The first kappa shape index (κ1) is 21.8. The minimum absolute atomic E-state index is 0.0265. The van der Waals surface area contributed by atoms with Crippen molar-refractivity contribution in [2.75, 3.05) is 24.2 Å². The second kappa shape index (κ2) is 10.2. The molecular weight excluding hydrogens is 404 g/mol. The van der Waals surface area contributed by atoms with Gasteiger partial charge in [-0.05, 0) is 49.2 Å². The maximum atomic E-state index is 12.2. The van der Waals surface area contributed by atoms with E-state index in [4.69, 9.17) is 5.73 Å². The number of non-ortho nitro benzene ring substituents is 1. The van der Waals surface area contributed by atoms with E-state index in [1.807, 2.05) is 24.3 Å². The average Bonchev–Trinajstić information content (AvgIpc) is 2.74. The van der Waals surface area contributed by atoms with E-state index in [0.29, 0.717) is 12.2 Å². The highest BCUT2D eigenvalue weighted by molar-refractivity contribution is 8.00. The number of rotatable bonds is 8. The minimum atomic E-state index is -0.452. The SMILES string of the molecule is NC(=O)C1CCCN(Cc2ccc(NC(=O)CSc3ccc([N+](=O)[O-])cc3)cc2)C1. The lowest BCUT2D eigenvalue weighted by Gasteiger charge is -2.31. The first-order valence-corrected chi connectivity index (χ1v) is 10.7. The third-order valence-electron chi connectivity index (χ3n) is 4.97. The Labute approximate surface area is 179 Å². The quantitative estimate of drug-likeness (QED) is 0.379. The second-order valence-electron chi connectivity index (χ2n) is 7.26. The van der Waals surface area contributed by atoms with Gasteiger partial charge in [0.1, 0.15) is 0 Å². The molecule has 1 aliphatic rings. The zero-order valence-electron chi connectivity index (χ0n) is 16.5. The van der Waals surface area contributed by atoms with Crippen molar-refractivity contribution < 1.29 is 14.5 Å². The van der Waals surface area contributed by atoms with Gasteiger partial charge in [0.15, 0.2) is 0 Å². The van der Waals surface area contributed by atoms with Crippen LogP contribution >= 0.6 is 11.8 Å². The van der Waals surface area contributed by atoms with Crippen LogP contribution in [0, 0.1) is 16.0 Å². The van der Waals surface area contributed by atoms with Crippen LogP contribution < -0.4 is 11.1 Å². The molecule has 1 unspecified atom stereocenters.